The Labute approximate surface area is 101 Å². The first-order chi connectivity index (χ1) is 7.84. The van der Waals surface area contributed by atoms with Gasteiger partial charge in [-0.15, -0.1) is 0 Å². The Balaban J connectivity index is 2.93. The summed E-state index contributed by atoms with van der Waals surface area (Å²) >= 11 is 5.38. The molecule has 0 aliphatic rings. The monoisotopic (exact) mass is 267 g/mol. The minimum atomic E-state index is -4.57. The van der Waals surface area contributed by atoms with Crippen LogP contribution in [0.25, 0.3) is 0 Å². The highest BCUT2D eigenvalue weighted by molar-refractivity contribution is 6.31. The highest BCUT2D eigenvalue weighted by Crippen LogP contribution is 2.34. The number of carbonyl (C=O) groups excluding carboxylic acids is 1. The van der Waals surface area contributed by atoms with Crippen molar-refractivity contribution in [3.8, 4) is 0 Å². The Hall–Kier alpha value is -1.30. The summed E-state index contributed by atoms with van der Waals surface area (Å²) in [4.78, 5) is 14.7. The van der Waals surface area contributed by atoms with Crippen molar-refractivity contribution in [3.63, 3.8) is 0 Å². The predicted molar refractivity (Wildman–Crippen MR) is 54.6 cm³/mol. The van der Waals surface area contributed by atoms with E-state index >= 15 is 0 Å². The Morgan fingerprint density at radius 1 is 1.53 bits per heavy atom. The molecule has 1 rings (SSSR count). The first kappa shape index (κ1) is 13.8. The average Bonchev–Trinajstić information content (AvgIpc) is 2.19. The number of esters is 1. The minimum Gasteiger partial charge on any atom is -0.466 e. The van der Waals surface area contributed by atoms with E-state index < -0.39 is 22.7 Å². The van der Waals surface area contributed by atoms with Crippen molar-refractivity contribution in [2.45, 2.75) is 19.5 Å². The Morgan fingerprint density at radius 2 is 2.18 bits per heavy atom. The quantitative estimate of drug-likeness (QED) is 0.791. The van der Waals surface area contributed by atoms with Crippen molar-refractivity contribution in [1.82, 2.24) is 4.98 Å². The van der Waals surface area contributed by atoms with Crippen molar-refractivity contribution >= 4 is 17.6 Å². The van der Waals surface area contributed by atoms with Crippen LogP contribution in [0.1, 0.15) is 18.2 Å². The largest absolute Gasteiger partial charge is 0.466 e. The summed E-state index contributed by atoms with van der Waals surface area (Å²) in [5, 5.41) is -0.495. The molecule has 0 radical (unpaired) electrons. The molecule has 0 amide bonds. The molecule has 0 bridgehead atoms. The first-order valence-corrected chi connectivity index (χ1v) is 5.09. The van der Waals surface area contributed by atoms with E-state index in [1.54, 1.807) is 6.92 Å². The van der Waals surface area contributed by atoms with E-state index in [9.17, 15) is 18.0 Å². The molecule has 0 fully saturated rings. The van der Waals surface area contributed by atoms with Crippen LogP contribution in [0.15, 0.2) is 12.3 Å². The molecule has 94 valence electrons. The third kappa shape index (κ3) is 3.89. The van der Waals surface area contributed by atoms with Gasteiger partial charge in [0.05, 0.1) is 29.3 Å². The van der Waals surface area contributed by atoms with Gasteiger partial charge in [-0.3, -0.25) is 9.78 Å². The zero-order valence-electron chi connectivity index (χ0n) is 8.84. The lowest BCUT2D eigenvalue weighted by atomic mass is 10.2. The first-order valence-electron chi connectivity index (χ1n) is 4.71. The fourth-order valence-electron chi connectivity index (χ4n) is 1.16. The van der Waals surface area contributed by atoms with Crippen LogP contribution in [0.4, 0.5) is 13.2 Å². The standard InChI is InChI=1S/C10H9ClF3NO2/c1-2-17-9(16)4-6-3-7(10(12,13)14)8(11)5-15-6/h3,5H,2,4H2,1H3. The fourth-order valence-corrected chi connectivity index (χ4v) is 1.37. The number of pyridine rings is 1. The van der Waals surface area contributed by atoms with Gasteiger partial charge in [0.1, 0.15) is 0 Å². The van der Waals surface area contributed by atoms with Crippen LogP contribution in [-0.4, -0.2) is 17.6 Å². The van der Waals surface area contributed by atoms with Crippen LogP contribution in [0.5, 0.6) is 0 Å². The zero-order chi connectivity index (χ0) is 13.1. The molecule has 0 aromatic carbocycles. The lowest BCUT2D eigenvalue weighted by molar-refractivity contribution is -0.142. The topological polar surface area (TPSA) is 39.2 Å². The zero-order valence-corrected chi connectivity index (χ0v) is 9.60. The number of aromatic nitrogens is 1. The highest BCUT2D eigenvalue weighted by atomic mass is 35.5. The molecule has 3 nitrogen and oxygen atoms in total. The van der Waals surface area contributed by atoms with Crippen molar-refractivity contribution in [2.24, 2.45) is 0 Å². The summed E-state index contributed by atoms with van der Waals surface area (Å²) < 4.78 is 42.1. The van der Waals surface area contributed by atoms with Gasteiger partial charge in [-0.2, -0.15) is 13.2 Å². The van der Waals surface area contributed by atoms with Gasteiger partial charge in [0.25, 0.3) is 0 Å². The average molecular weight is 268 g/mol. The molecular formula is C10H9ClF3NO2. The molecule has 17 heavy (non-hydrogen) atoms. The second-order valence-electron chi connectivity index (χ2n) is 3.14. The number of hydrogen-bond donors (Lipinski definition) is 0. The number of halogens is 4. The van der Waals surface area contributed by atoms with Crippen LogP contribution < -0.4 is 0 Å². The van der Waals surface area contributed by atoms with Crippen molar-refractivity contribution in [1.29, 1.82) is 0 Å². The maximum absolute atomic E-state index is 12.5. The molecule has 0 saturated carbocycles. The molecule has 0 N–H and O–H groups in total. The summed E-state index contributed by atoms with van der Waals surface area (Å²) in [6.07, 6.45) is -4.00. The maximum Gasteiger partial charge on any atom is 0.417 e. The van der Waals surface area contributed by atoms with Crippen LogP contribution >= 0.6 is 11.6 Å². The summed E-state index contributed by atoms with van der Waals surface area (Å²) in [5.41, 5.74) is -1.03. The summed E-state index contributed by atoms with van der Waals surface area (Å²) in [6.45, 7) is 1.77. The number of ether oxygens (including phenoxy) is 1. The Morgan fingerprint density at radius 3 is 2.71 bits per heavy atom. The molecule has 0 aliphatic carbocycles. The van der Waals surface area contributed by atoms with Gasteiger partial charge >= 0.3 is 12.1 Å². The summed E-state index contributed by atoms with van der Waals surface area (Å²) in [7, 11) is 0. The van der Waals surface area contributed by atoms with Gasteiger partial charge in [-0.05, 0) is 13.0 Å². The molecule has 1 heterocycles. The van der Waals surface area contributed by atoms with E-state index in [1.807, 2.05) is 0 Å². The molecule has 1 aromatic rings. The van der Waals surface area contributed by atoms with Crippen LogP contribution in [0.3, 0.4) is 0 Å². The van der Waals surface area contributed by atoms with Crippen molar-refractivity contribution < 1.29 is 22.7 Å². The number of nitrogens with zero attached hydrogens (tertiary/aromatic N) is 1. The van der Waals surface area contributed by atoms with Gasteiger partial charge in [0.15, 0.2) is 0 Å². The number of rotatable bonds is 3. The summed E-state index contributed by atoms with van der Waals surface area (Å²) in [5.74, 6) is -0.629. The smallest absolute Gasteiger partial charge is 0.417 e. The molecule has 0 atom stereocenters. The molecule has 0 unspecified atom stereocenters. The van der Waals surface area contributed by atoms with E-state index in [1.165, 1.54) is 0 Å². The number of alkyl halides is 3. The molecule has 7 heteroatoms. The lowest BCUT2D eigenvalue weighted by Crippen LogP contribution is -2.12. The lowest BCUT2D eigenvalue weighted by Gasteiger charge is -2.09. The third-order valence-corrected chi connectivity index (χ3v) is 2.15. The van der Waals surface area contributed by atoms with Crippen LogP contribution in [0, 0.1) is 0 Å². The van der Waals surface area contributed by atoms with Gasteiger partial charge in [-0.1, -0.05) is 11.6 Å². The number of hydrogen-bond acceptors (Lipinski definition) is 3. The molecule has 1 aromatic heterocycles. The predicted octanol–water partition coefficient (Wildman–Crippen LogP) is 2.86. The third-order valence-electron chi connectivity index (χ3n) is 1.85. The van der Waals surface area contributed by atoms with Crippen LogP contribution in [0.2, 0.25) is 5.02 Å². The fraction of sp³-hybridized carbons (Fsp3) is 0.400. The normalized spacial score (nSPS) is 11.4. The molecular weight excluding hydrogens is 259 g/mol. The maximum atomic E-state index is 12.5. The second kappa shape index (κ2) is 5.35. The van der Waals surface area contributed by atoms with Crippen molar-refractivity contribution in [2.75, 3.05) is 6.61 Å². The minimum absolute atomic E-state index is 0.0276. The number of carbonyl (C=O) groups is 1. The Bertz CT molecular complexity index is 421. The van der Waals surface area contributed by atoms with E-state index in [0.29, 0.717) is 0 Å². The van der Waals surface area contributed by atoms with E-state index in [0.717, 1.165) is 12.3 Å². The second-order valence-corrected chi connectivity index (χ2v) is 3.54. The van der Waals surface area contributed by atoms with Gasteiger partial charge in [-0.25, -0.2) is 0 Å². The van der Waals surface area contributed by atoms with Crippen molar-refractivity contribution in [3.05, 3.63) is 28.5 Å². The SMILES string of the molecule is CCOC(=O)Cc1cc(C(F)(F)F)c(Cl)cn1. The van der Waals surface area contributed by atoms with Crippen LogP contribution in [-0.2, 0) is 22.1 Å². The molecule has 0 spiro atoms. The van der Waals surface area contributed by atoms with Gasteiger partial charge in [0, 0.05) is 6.20 Å². The van der Waals surface area contributed by atoms with E-state index in [-0.39, 0.29) is 18.7 Å². The molecule has 0 saturated heterocycles. The Kier molecular flexibility index (Phi) is 4.34. The van der Waals surface area contributed by atoms with Gasteiger partial charge < -0.3 is 4.74 Å². The van der Waals surface area contributed by atoms with E-state index in [2.05, 4.69) is 9.72 Å². The summed E-state index contributed by atoms with van der Waals surface area (Å²) in [6, 6.07) is 0.749. The van der Waals surface area contributed by atoms with E-state index in [4.69, 9.17) is 11.6 Å². The van der Waals surface area contributed by atoms with Gasteiger partial charge in [0.2, 0.25) is 0 Å². The molecule has 0 aliphatic heterocycles. The highest BCUT2D eigenvalue weighted by Gasteiger charge is 2.33.